The summed E-state index contributed by atoms with van der Waals surface area (Å²) in [5, 5.41) is 0. The molecular formula is C20H24N2. The van der Waals surface area contributed by atoms with Crippen molar-refractivity contribution in [3.05, 3.63) is 54.0 Å². The molecule has 22 heavy (non-hydrogen) atoms. The zero-order valence-corrected chi connectivity index (χ0v) is 13.4. The van der Waals surface area contributed by atoms with Gasteiger partial charge in [0.15, 0.2) is 0 Å². The van der Waals surface area contributed by atoms with E-state index < -0.39 is 0 Å². The van der Waals surface area contributed by atoms with Crippen molar-refractivity contribution in [3.8, 4) is 11.3 Å². The molecule has 0 spiro atoms. The van der Waals surface area contributed by atoms with Gasteiger partial charge >= 0.3 is 0 Å². The van der Waals surface area contributed by atoms with Gasteiger partial charge in [0.1, 0.15) is 0 Å². The summed E-state index contributed by atoms with van der Waals surface area (Å²) in [5.74, 6) is 0.820. The molecule has 0 aliphatic heterocycles. The fourth-order valence-corrected chi connectivity index (χ4v) is 3.46. The lowest BCUT2D eigenvalue weighted by Gasteiger charge is -2.22. The number of aromatic nitrogens is 2. The molecule has 114 valence electrons. The predicted molar refractivity (Wildman–Crippen MR) is 92.6 cm³/mol. The quantitative estimate of drug-likeness (QED) is 0.772. The fraction of sp³-hybridized carbons (Fsp3) is 0.400. The second kappa shape index (κ2) is 6.87. The molecule has 1 aliphatic carbocycles. The van der Waals surface area contributed by atoms with Crippen LogP contribution >= 0.6 is 0 Å². The number of aryl methyl sites for hydroxylation is 1. The van der Waals surface area contributed by atoms with Gasteiger partial charge in [-0.2, -0.15) is 0 Å². The molecule has 0 aromatic carbocycles. The average molecular weight is 292 g/mol. The molecule has 2 nitrogen and oxygen atoms in total. The van der Waals surface area contributed by atoms with Crippen molar-refractivity contribution >= 4 is 6.08 Å². The van der Waals surface area contributed by atoms with Crippen LogP contribution in [-0.2, 0) is 6.42 Å². The first kappa shape index (κ1) is 15.0. The van der Waals surface area contributed by atoms with E-state index in [4.69, 9.17) is 4.98 Å². The lowest BCUT2D eigenvalue weighted by molar-refractivity contribution is 0.356. The second-order valence-corrected chi connectivity index (χ2v) is 6.32. The van der Waals surface area contributed by atoms with Crippen LogP contribution in [0.1, 0.15) is 48.9 Å². The Balaban J connectivity index is 1.87. The van der Waals surface area contributed by atoms with Gasteiger partial charge in [0, 0.05) is 23.7 Å². The van der Waals surface area contributed by atoms with E-state index in [2.05, 4.69) is 23.7 Å². The molecule has 0 saturated heterocycles. The van der Waals surface area contributed by atoms with Crippen LogP contribution in [0.3, 0.4) is 0 Å². The highest BCUT2D eigenvalue weighted by molar-refractivity contribution is 5.66. The first-order chi connectivity index (χ1) is 10.8. The first-order valence-corrected chi connectivity index (χ1v) is 8.31. The van der Waals surface area contributed by atoms with Gasteiger partial charge in [-0.1, -0.05) is 44.8 Å². The van der Waals surface area contributed by atoms with E-state index >= 15 is 0 Å². The van der Waals surface area contributed by atoms with Crippen molar-refractivity contribution in [3.63, 3.8) is 0 Å². The van der Waals surface area contributed by atoms with Crippen LogP contribution < -0.4 is 0 Å². The predicted octanol–water partition coefficient (Wildman–Crippen LogP) is 5.22. The summed E-state index contributed by atoms with van der Waals surface area (Å²) >= 11 is 0. The third-order valence-electron chi connectivity index (χ3n) is 4.76. The van der Waals surface area contributed by atoms with Gasteiger partial charge in [0.05, 0.1) is 5.69 Å². The largest absolute Gasteiger partial charge is 0.261 e. The molecule has 0 atom stereocenters. The van der Waals surface area contributed by atoms with Gasteiger partial charge in [0.25, 0.3) is 0 Å². The van der Waals surface area contributed by atoms with E-state index in [-0.39, 0.29) is 0 Å². The molecule has 1 saturated carbocycles. The minimum atomic E-state index is 0.820. The van der Waals surface area contributed by atoms with Crippen molar-refractivity contribution in [2.24, 2.45) is 5.92 Å². The molecule has 3 rings (SSSR count). The van der Waals surface area contributed by atoms with Gasteiger partial charge in [-0.25, -0.2) is 0 Å². The highest BCUT2D eigenvalue weighted by Gasteiger charge is 2.16. The normalized spacial score (nSPS) is 15.7. The van der Waals surface area contributed by atoms with Crippen LogP contribution in [0.5, 0.6) is 0 Å². The van der Waals surface area contributed by atoms with Crippen molar-refractivity contribution in [1.82, 2.24) is 9.97 Å². The first-order valence-electron chi connectivity index (χ1n) is 8.31. The van der Waals surface area contributed by atoms with Crippen molar-refractivity contribution in [1.29, 1.82) is 0 Å². The van der Waals surface area contributed by atoms with Gasteiger partial charge in [0.2, 0.25) is 0 Å². The standard InChI is InChI=1S/C20H24N2/c1-3-17-13-20(19-10-7-11-21-15(19)2)22-14-18(17)12-16-8-5-4-6-9-16/h3,7,10-11,13-14,16H,1,4-6,8-9,12H2,2H3. The molecule has 0 amide bonds. The van der Waals surface area contributed by atoms with Crippen molar-refractivity contribution < 1.29 is 0 Å². The van der Waals surface area contributed by atoms with Crippen LogP contribution in [0.4, 0.5) is 0 Å². The van der Waals surface area contributed by atoms with Gasteiger partial charge in [-0.15, -0.1) is 0 Å². The Labute approximate surface area is 133 Å². The van der Waals surface area contributed by atoms with Crippen LogP contribution in [0.2, 0.25) is 0 Å². The molecule has 0 N–H and O–H groups in total. The Kier molecular flexibility index (Phi) is 4.67. The van der Waals surface area contributed by atoms with E-state index in [1.54, 1.807) is 0 Å². The molecule has 2 heteroatoms. The van der Waals surface area contributed by atoms with Crippen LogP contribution in [0.15, 0.2) is 37.2 Å². The van der Waals surface area contributed by atoms with Gasteiger partial charge in [-0.05, 0) is 48.6 Å². The Morgan fingerprint density at radius 2 is 2.05 bits per heavy atom. The van der Waals surface area contributed by atoms with Crippen LogP contribution in [-0.4, -0.2) is 9.97 Å². The maximum atomic E-state index is 4.70. The summed E-state index contributed by atoms with van der Waals surface area (Å²) in [6, 6.07) is 6.21. The maximum absolute atomic E-state index is 4.70. The molecule has 0 unspecified atom stereocenters. The molecular weight excluding hydrogens is 268 g/mol. The van der Waals surface area contributed by atoms with Crippen LogP contribution in [0, 0.1) is 12.8 Å². The van der Waals surface area contributed by atoms with E-state index in [1.807, 2.05) is 31.5 Å². The Morgan fingerprint density at radius 1 is 1.23 bits per heavy atom. The Hall–Kier alpha value is -1.96. The smallest absolute Gasteiger partial charge is 0.0726 e. The minimum absolute atomic E-state index is 0.820. The number of hydrogen-bond acceptors (Lipinski definition) is 2. The topological polar surface area (TPSA) is 25.8 Å². The number of rotatable bonds is 4. The summed E-state index contributed by atoms with van der Waals surface area (Å²) in [6.07, 6.45) is 13.9. The molecule has 2 aromatic rings. The highest BCUT2D eigenvalue weighted by atomic mass is 14.7. The molecule has 1 aliphatic rings. The zero-order chi connectivity index (χ0) is 15.4. The fourth-order valence-electron chi connectivity index (χ4n) is 3.46. The van der Waals surface area contributed by atoms with Gasteiger partial charge in [-0.3, -0.25) is 9.97 Å². The third-order valence-corrected chi connectivity index (χ3v) is 4.76. The Morgan fingerprint density at radius 3 is 2.77 bits per heavy atom. The Bertz CT molecular complexity index is 655. The van der Waals surface area contributed by atoms with Crippen LogP contribution in [0.25, 0.3) is 17.3 Å². The lowest BCUT2D eigenvalue weighted by atomic mass is 9.84. The molecule has 0 bridgehead atoms. The number of hydrogen-bond donors (Lipinski definition) is 0. The molecule has 2 aromatic heterocycles. The number of pyridine rings is 2. The van der Waals surface area contributed by atoms with E-state index in [0.717, 1.165) is 29.3 Å². The number of nitrogens with zero attached hydrogens (tertiary/aromatic N) is 2. The van der Waals surface area contributed by atoms with Crippen molar-refractivity contribution in [2.75, 3.05) is 0 Å². The molecule has 1 fully saturated rings. The summed E-state index contributed by atoms with van der Waals surface area (Å²) in [6.45, 7) is 6.03. The summed E-state index contributed by atoms with van der Waals surface area (Å²) in [5.41, 5.74) is 5.68. The second-order valence-electron chi connectivity index (χ2n) is 6.32. The van der Waals surface area contributed by atoms with Crippen molar-refractivity contribution in [2.45, 2.75) is 45.4 Å². The monoisotopic (exact) mass is 292 g/mol. The van der Waals surface area contributed by atoms with Gasteiger partial charge < -0.3 is 0 Å². The van der Waals surface area contributed by atoms with E-state index in [1.165, 1.54) is 43.2 Å². The molecule has 0 radical (unpaired) electrons. The lowest BCUT2D eigenvalue weighted by Crippen LogP contribution is -2.10. The minimum Gasteiger partial charge on any atom is -0.261 e. The maximum Gasteiger partial charge on any atom is 0.0726 e. The van der Waals surface area contributed by atoms with E-state index in [0.29, 0.717) is 0 Å². The average Bonchev–Trinajstić information content (AvgIpc) is 2.57. The van der Waals surface area contributed by atoms with E-state index in [9.17, 15) is 0 Å². The summed E-state index contributed by atoms with van der Waals surface area (Å²) < 4.78 is 0. The highest BCUT2D eigenvalue weighted by Crippen LogP contribution is 2.29. The SMILES string of the molecule is C=Cc1cc(-c2cccnc2C)ncc1CC1CCCCC1. The molecule has 2 heterocycles. The summed E-state index contributed by atoms with van der Waals surface area (Å²) in [7, 11) is 0. The summed E-state index contributed by atoms with van der Waals surface area (Å²) in [4.78, 5) is 9.06. The zero-order valence-electron chi connectivity index (χ0n) is 13.4. The third kappa shape index (κ3) is 3.27.